The zero-order valence-corrected chi connectivity index (χ0v) is 14.7. The quantitative estimate of drug-likeness (QED) is 0.780. The van der Waals surface area contributed by atoms with E-state index < -0.39 is 0 Å². The van der Waals surface area contributed by atoms with Gasteiger partial charge in [0, 0.05) is 18.1 Å². The van der Waals surface area contributed by atoms with Gasteiger partial charge in [-0.05, 0) is 35.7 Å². The molecule has 110 valence electrons. The van der Waals surface area contributed by atoms with Gasteiger partial charge in [0.05, 0.1) is 17.1 Å². The molecule has 1 aromatic heterocycles. The van der Waals surface area contributed by atoms with Gasteiger partial charge in [-0.2, -0.15) is 0 Å². The Hall–Kier alpha value is -0.820. The fraction of sp³-hybridized carbons (Fsp3) is 0.538. The number of hydrogen-bond acceptors (Lipinski definition) is 3. The van der Waals surface area contributed by atoms with Crippen molar-refractivity contribution < 1.29 is 9.53 Å². The SMILES string of the molecule is CNC(=O)c1c(OC)c(=O)c(Br)c2n1C(C)(CBr)CC2. The summed E-state index contributed by atoms with van der Waals surface area (Å²) in [7, 11) is 2.95. The Kier molecular flexibility index (Phi) is 4.30. The Morgan fingerprint density at radius 1 is 1.55 bits per heavy atom. The topological polar surface area (TPSA) is 60.3 Å². The zero-order chi connectivity index (χ0) is 15.1. The second-order valence-electron chi connectivity index (χ2n) is 5.02. The van der Waals surface area contributed by atoms with Gasteiger partial charge in [0.2, 0.25) is 5.43 Å². The van der Waals surface area contributed by atoms with Crippen LogP contribution in [0.25, 0.3) is 0 Å². The molecule has 0 saturated carbocycles. The molecule has 0 aliphatic carbocycles. The van der Waals surface area contributed by atoms with E-state index in [1.807, 2.05) is 4.57 Å². The minimum Gasteiger partial charge on any atom is -0.491 e. The summed E-state index contributed by atoms with van der Waals surface area (Å²) >= 11 is 6.86. The van der Waals surface area contributed by atoms with E-state index in [0.717, 1.165) is 18.5 Å². The maximum atomic E-state index is 12.3. The number of carbonyl (C=O) groups is 1. The third kappa shape index (κ3) is 2.11. The van der Waals surface area contributed by atoms with Gasteiger partial charge in [-0.1, -0.05) is 15.9 Å². The molecule has 2 rings (SSSR count). The summed E-state index contributed by atoms with van der Waals surface area (Å²) in [6, 6.07) is 0. The Labute approximate surface area is 133 Å². The largest absolute Gasteiger partial charge is 0.491 e. The third-order valence-electron chi connectivity index (χ3n) is 3.74. The molecule has 0 fully saturated rings. The van der Waals surface area contributed by atoms with E-state index in [0.29, 0.717) is 9.80 Å². The van der Waals surface area contributed by atoms with Crippen molar-refractivity contribution in [1.82, 2.24) is 9.88 Å². The van der Waals surface area contributed by atoms with E-state index in [-0.39, 0.29) is 28.3 Å². The molecule has 1 unspecified atom stereocenters. The number of rotatable bonds is 3. The summed E-state index contributed by atoms with van der Waals surface area (Å²) in [6.45, 7) is 2.06. The normalized spacial score (nSPS) is 20.6. The van der Waals surface area contributed by atoms with Crippen LogP contribution in [-0.2, 0) is 12.0 Å². The van der Waals surface area contributed by atoms with Gasteiger partial charge in [-0.25, -0.2) is 0 Å². The second-order valence-corrected chi connectivity index (χ2v) is 6.37. The average Bonchev–Trinajstić information content (AvgIpc) is 2.80. The van der Waals surface area contributed by atoms with Gasteiger partial charge in [-0.3, -0.25) is 9.59 Å². The molecule has 1 aliphatic rings. The maximum Gasteiger partial charge on any atom is 0.271 e. The molecular formula is C13H16Br2N2O3. The molecule has 0 aromatic carbocycles. The number of methoxy groups -OCH3 is 1. The summed E-state index contributed by atoms with van der Waals surface area (Å²) in [4.78, 5) is 24.6. The molecule has 0 bridgehead atoms. The van der Waals surface area contributed by atoms with Crippen LogP contribution in [0, 0.1) is 0 Å². The van der Waals surface area contributed by atoms with E-state index in [9.17, 15) is 9.59 Å². The molecule has 0 spiro atoms. The van der Waals surface area contributed by atoms with Crippen LogP contribution in [0.3, 0.4) is 0 Å². The highest BCUT2D eigenvalue weighted by Gasteiger charge is 2.39. The van der Waals surface area contributed by atoms with Crippen LogP contribution >= 0.6 is 31.9 Å². The van der Waals surface area contributed by atoms with E-state index >= 15 is 0 Å². The Balaban J connectivity index is 2.91. The first-order valence-electron chi connectivity index (χ1n) is 6.21. The predicted octanol–water partition coefficient (Wildman–Crippen LogP) is 2.04. The number of carbonyl (C=O) groups excluding carboxylic acids is 1. The monoisotopic (exact) mass is 406 g/mol. The standard InChI is InChI=1S/C13H16Br2N2O3/c1-13(6-14)5-4-7-8(15)10(18)11(20-3)9(17(7)13)12(19)16-2/h4-6H2,1-3H3,(H,16,19). The van der Waals surface area contributed by atoms with Crippen LogP contribution in [0.2, 0.25) is 0 Å². The Bertz CT molecular complexity index is 627. The highest BCUT2D eigenvalue weighted by molar-refractivity contribution is 9.10. The molecule has 0 radical (unpaired) electrons. The molecule has 2 heterocycles. The van der Waals surface area contributed by atoms with Crippen molar-refractivity contribution in [3.05, 3.63) is 26.1 Å². The minimum absolute atomic E-state index is 0.0778. The lowest BCUT2D eigenvalue weighted by molar-refractivity contribution is 0.0943. The van der Waals surface area contributed by atoms with Crippen molar-refractivity contribution >= 4 is 37.8 Å². The van der Waals surface area contributed by atoms with Gasteiger partial charge in [0.25, 0.3) is 5.91 Å². The number of hydrogen-bond donors (Lipinski definition) is 1. The van der Waals surface area contributed by atoms with Gasteiger partial charge in [0.15, 0.2) is 11.4 Å². The number of alkyl halides is 1. The number of nitrogens with one attached hydrogen (secondary N) is 1. The van der Waals surface area contributed by atoms with E-state index in [4.69, 9.17) is 4.74 Å². The van der Waals surface area contributed by atoms with Crippen LogP contribution in [0.15, 0.2) is 9.27 Å². The first kappa shape index (κ1) is 15.6. The van der Waals surface area contributed by atoms with Crippen molar-refractivity contribution in [3.63, 3.8) is 0 Å². The number of ether oxygens (including phenoxy) is 1. The fourth-order valence-electron chi connectivity index (χ4n) is 2.63. The average molecular weight is 408 g/mol. The van der Waals surface area contributed by atoms with E-state index in [2.05, 4.69) is 44.1 Å². The molecule has 5 nitrogen and oxygen atoms in total. The van der Waals surface area contributed by atoms with Crippen LogP contribution in [0.1, 0.15) is 29.5 Å². The Morgan fingerprint density at radius 2 is 2.20 bits per heavy atom. The van der Waals surface area contributed by atoms with Crippen molar-refractivity contribution in [2.75, 3.05) is 19.5 Å². The molecule has 7 heteroatoms. The number of pyridine rings is 1. The predicted molar refractivity (Wildman–Crippen MR) is 84.1 cm³/mol. The molecular weight excluding hydrogens is 392 g/mol. The minimum atomic E-state index is -0.318. The van der Waals surface area contributed by atoms with Crippen molar-refractivity contribution in [2.45, 2.75) is 25.3 Å². The summed E-state index contributed by atoms with van der Waals surface area (Å²) < 4.78 is 7.60. The van der Waals surface area contributed by atoms with Gasteiger partial charge in [-0.15, -0.1) is 0 Å². The molecule has 20 heavy (non-hydrogen) atoms. The molecule has 0 saturated heterocycles. The molecule has 1 N–H and O–H groups in total. The number of fused-ring (bicyclic) bond motifs is 1. The summed E-state index contributed by atoms with van der Waals surface area (Å²) in [5, 5.41) is 3.27. The van der Waals surface area contributed by atoms with Gasteiger partial charge >= 0.3 is 0 Å². The van der Waals surface area contributed by atoms with Gasteiger partial charge in [0.1, 0.15) is 0 Å². The number of nitrogens with zero attached hydrogens (tertiary/aromatic N) is 1. The summed E-state index contributed by atoms with van der Waals surface area (Å²) in [6.07, 6.45) is 1.60. The van der Waals surface area contributed by atoms with Crippen molar-refractivity contribution in [1.29, 1.82) is 0 Å². The Morgan fingerprint density at radius 3 is 2.70 bits per heavy atom. The zero-order valence-electron chi connectivity index (χ0n) is 11.5. The van der Waals surface area contributed by atoms with Crippen LogP contribution in [0.5, 0.6) is 5.75 Å². The van der Waals surface area contributed by atoms with Crippen molar-refractivity contribution in [3.8, 4) is 5.75 Å². The third-order valence-corrected chi connectivity index (χ3v) is 5.77. The fourth-order valence-corrected chi connectivity index (χ4v) is 3.72. The lowest BCUT2D eigenvalue weighted by Gasteiger charge is -2.29. The van der Waals surface area contributed by atoms with Crippen LogP contribution in [-0.4, -0.2) is 30.0 Å². The summed E-state index contributed by atoms with van der Waals surface area (Å²) in [5.74, 6) is -0.240. The molecule has 1 amide bonds. The first-order valence-corrected chi connectivity index (χ1v) is 8.12. The number of amides is 1. The van der Waals surface area contributed by atoms with Crippen molar-refractivity contribution in [2.24, 2.45) is 0 Å². The number of aromatic nitrogens is 1. The molecule has 1 atom stereocenters. The highest BCUT2D eigenvalue weighted by Crippen LogP contribution is 2.39. The van der Waals surface area contributed by atoms with Crippen LogP contribution < -0.4 is 15.5 Å². The lowest BCUT2D eigenvalue weighted by Crippen LogP contribution is -2.37. The molecule has 1 aliphatic heterocycles. The van der Waals surface area contributed by atoms with E-state index in [1.165, 1.54) is 7.11 Å². The maximum absolute atomic E-state index is 12.3. The highest BCUT2D eigenvalue weighted by atomic mass is 79.9. The molecule has 1 aromatic rings. The van der Waals surface area contributed by atoms with Crippen LogP contribution in [0.4, 0.5) is 0 Å². The smallest absolute Gasteiger partial charge is 0.271 e. The lowest BCUT2D eigenvalue weighted by atomic mass is 10.0. The van der Waals surface area contributed by atoms with Gasteiger partial charge < -0.3 is 14.6 Å². The van der Waals surface area contributed by atoms with E-state index in [1.54, 1.807) is 7.05 Å². The summed E-state index contributed by atoms with van der Waals surface area (Å²) in [5.41, 5.74) is 0.589. The second kappa shape index (κ2) is 5.52. The first-order chi connectivity index (χ1) is 9.41. The number of halogens is 2.